The van der Waals surface area contributed by atoms with E-state index >= 15 is 0 Å². The maximum atomic E-state index is 13.3. The molecule has 0 radical (unpaired) electrons. The number of thiophene rings is 1. The summed E-state index contributed by atoms with van der Waals surface area (Å²) in [7, 11) is 0. The van der Waals surface area contributed by atoms with Crippen molar-refractivity contribution in [1.82, 2.24) is 0 Å². The number of esters is 1. The molecule has 2 atom stereocenters. The van der Waals surface area contributed by atoms with Gasteiger partial charge in [0.15, 0.2) is 0 Å². The lowest BCUT2D eigenvalue weighted by molar-refractivity contribution is -0.115. The predicted molar refractivity (Wildman–Crippen MR) is 170 cm³/mol. The average Bonchev–Trinajstić information content (AvgIpc) is 3.25. The molecule has 6 nitrogen and oxygen atoms in total. The smallest absolute Gasteiger partial charge is 0.341 e. The topological polar surface area (TPSA) is 84.5 Å². The second-order valence-electron chi connectivity index (χ2n) is 11.1. The quantitative estimate of drug-likeness (QED) is 0.191. The molecule has 1 aliphatic carbocycles. The van der Waals surface area contributed by atoms with Crippen molar-refractivity contribution >= 4 is 74.8 Å². The van der Waals surface area contributed by atoms with Crippen molar-refractivity contribution in [2.45, 2.75) is 64.0 Å². The molecule has 218 valence electrons. The van der Waals surface area contributed by atoms with Crippen molar-refractivity contribution < 1.29 is 19.1 Å². The minimum Gasteiger partial charge on any atom is -0.462 e. The highest BCUT2D eigenvalue weighted by molar-refractivity contribution is 8.00. The molecule has 2 aromatic carbocycles. The van der Waals surface area contributed by atoms with E-state index in [2.05, 4.69) is 31.4 Å². The predicted octanol–water partition coefficient (Wildman–Crippen LogP) is 8.75. The fourth-order valence-electron chi connectivity index (χ4n) is 4.82. The molecule has 0 aliphatic heterocycles. The summed E-state index contributed by atoms with van der Waals surface area (Å²) in [5.41, 5.74) is 2.55. The third-order valence-corrected chi connectivity index (χ3v) is 9.97. The Kier molecular flexibility index (Phi) is 10.1. The number of fused-ring (bicyclic) bond motifs is 1. The lowest BCUT2D eigenvalue weighted by atomic mass is 9.72. The number of hydrogen-bond acceptors (Lipinski definition) is 6. The number of thioether (sulfide) groups is 1. The van der Waals surface area contributed by atoms with Crippen molar-refractivity contribution in [3.63, 3.8) is 0 Å². The minimum absolute atomic E-state index is 0.162. The first-order chi connectivity index (χ1) is 19.4. The van der Waals surface area contributed by atoms with Gasteiger partial charge in [-0.25, -0.2) is 4.79 Å². The number of benzene rings is 2. The van der Waals surface area contributed by atoms with Gasteiger partial charge in [0, 0.05) is 20.5 Å². The van der Waals surface area contributed by atoms with E-state index in [-0.39, 0.29) is 34.8 Å². The van der Waals surface area contributed by atoms with Gasteiger partial charge in [-0.2, -0.15) is 0 Å². The van der Waals surface area contributed by atoms with E-state index in [0.717, 1.165) is 34.6 Å². The minimum atomic E-state index is -0.469. The molecule has 0 fully saturated rings. The van der Waals surface area contributed by atoms with E-state index < -0.39 is 5.25 Å². The first-order valence-electron chi connectivity index (χ1n) is 13.5. The van der Waals surface area contributed by atoms with Crippen LogP contribution in [0.2, 0.25) is 10.0 Å². The summed E-state index contributed by atoms with van der Waals surface area (Å²) in [6.07, 6.45) is 2.67. The van der Waals surface area contributed by atoms with Crippen LogP contribution in [0.3, 0.4) is 0 Å². The zero-order chi connectivity index (χ0) is 29.9. The van der Waals surface area contributed by atoms with Crippen LogP contribution >= 0.6 is 46.3 Å². The fraction of sp³-hybridized carbons (Fsp3) is 0.387. The Morgan fingerprint density at radius 3 is 2.56 bits per heavy atom. The van der Waals surface area contributed by atoms with Crippen LogP contribution in [-0.2, 0) is 22.4 Å². The number of amides is 2. The number of carbonyl (C=O) groups is 3. The Morgan fingerprint density at radius 1 is 1.12 bits per heavy atom. The third-order valence-electron chi connectivity index (χ3n) is 7.16. The number of halogens is 2. The molecule has 2 unspecified atom stereocenters. The van der Waals surface area contributed by atoms with E-state index in [1.165, 1.54) is 29.2 Å². The summed E-state index contributed by atoms with van der Waals surface area (Å²) in [4.78, 5) is 41.0. The summed E-state index contributed by atoms with van der Waals surface area (Å²) < 4.78 is 5.38. The Hall–Kier alpha value is -2.52. The van der Waals surface area contributed by atoms with Crippen LogP contribution in [0, 0.1) is 11.3 Å². The lowest BCUT2D eigenvalue weighted by Gasteiger charge is -2.33. The fourth-order valence-corrected chi connectivity index (χ4v) is 7.56. The summed E-state index contributed by atoms with van der Waals surface area (Å²) in [5.74, 6) is -0.459. The maximum absolute atomic E-state index is 13.3. The molecule has 41 heavy (non-hydrogen) atoms. The third kappa shape index (κ3) is 7.66. The summed E-state index contributed by atoms with van der Waals surface area (Å²) >= 11 is 15.0. The van der Waals surface area contributed by atoms with Crippen LogP contribution in [0.1, 0.15) is 72.2 Å². The van der Waals surface area contributed by atoms with Gasteiger partial charge in [-0.05, 0) is 86.4 Å². The van der Waals surface area contributed by atoms with Crippen LogP contribution in [0.5, 0.6) is 0 Å². The number of carbonyl (C=O) groups excluding carboxylic acids is 3. The molecule has 2 amide bonds. The van der Waals surface area contributed by atoms with Gasteiger partial charge in [0.05, 0.1) is 28.0 Å². The Balaban J connectivity index is 1.47. The van der Waals surface area contributed by atoms with Crippen molar-refractivity contribution in [3.05, 3.63) is 74.1 Å². The molecule has 0 spiro atoms. The van der Waals surface area contributed by atoms with Crippen molar-refractivity contribution in [2.75, 3.05) is 17.2 Å². The molecule has 3 aromatic rings. The number of ether oxygens (including phenoxy) is 1. The van der Waals surface area contributed by atoms with Gasteiger partial charge >= 0.3 is 5.97 Å². The van der Waals surface area contributed by atoms with Gasteiger partial charge in [-0.3, -0.25) is 9.59 Å². The van der Waals surface area contributed by atoms with Crippen LogP contribution in [0.25, 0.3) is 0 Å². The standard InChI is InChI=1S/C31H34Cl2N2O4S2/c1-6-39-30(38)26-23-12-10-18(31(3,4)5)14-25(23)41-29(26)35-27(36)17(2)40-21-9-7-8-20(16-21)34-28(37)22-13-11-19(32)15-24(22)33/h7-9,11,13,15-18H,6,10,12,14H2,1-5H3,(H,34,37)(H,35,36). The van der Waals surface area contributed by atoms with Gasteiger partial charge in [-0.15, -0.1) is 23.1 Å². The molecular formula is C31H34Cl2N2O4S2. The van der Waals surface area contributed by atoms with Crippen molar-refractivity contribution in [2.24, 2.45) is 11.3 Å². The number of hydrogen-bond donors (Lipinski definition) is 2. The second-order valence-corrected chi connectivity index (χ2v) is 14.5. The first kappa shape index (κ1) is 31.4. The van der Waals surface area contributed by atoms with Crippen molar-refractivity contribution in [1.29, 1.82) is 0 Å². The highest BCUT2D eigenvalue weighted by atomic mass is 35.5. The number of rotatable bonds is 8. The largest absolute Gasteiger partial charge is 0.462 e. The van der Waals surface area contributed by atoms with Crippen LogP contribution < -0.4 is 10.6 Å². The first-order valence-corrected chi connectivity index (χ1v) is 16.0. The Bertz CT molecular complexity index is 1460. The Labute approximate surface area is 259 Å². The van der Waals surface area contributed by atoms with Crippen LogP contribution in [0.4, 0.5) is 10.7 Å². The molecule has 0 saturated carbocycles. The monoisotopic (exact) mass is 632 g/mol. The molecule has 0 bridgehead atoms. The zero-order valence-corrected chi connectivity index (χ0v) is 26.9. The highest BCUT2D eigenvalue weighted by Gasteiger charge is 2.34. The maximum Gasteiger partial charge on any atom is 0.341 e. The molecular weight excluding hydrogens is 599 g/mol. The number of nitrogens with one attached hydrogen (secondary N) is 2. The summed E-state index contributed by atoms with van der Waals surface area (Å²) in [6, 6.07) is 11.9. The van der Waals surface area contributed by atoms with E-state index in [9.17, 15) is 14.4 Å². The van der Waals surface area contributed by atoms with Gasteiger partial charge in [0.2, 0.25) is 5.91 Å². The molecule has 10 heteroatoms. The van der Waals surface area contributed by atoms with E-state index in [1.54, 1.807) is 31.2 Å². The molecule has 1 aromatic heterocycles. The highest BCUT2D eigenvalue weighted by Crippen LogP contribution is 2.44. The average molecular weight is 634 g/mol. The van der Waals surface area contributed by atoms with E-state index in [4.69, 9.17) is 27.9 Å². The molecule has 1 heterocycles. The van der Waals surface area contributed by atoms with Crippen molar-refractivity contribution in [3.8, 4) is 0 Å². The van der Waals surface area contributed by atoms with Gasteiger partial charge in [-0.1, -0.05) is 50.0 Å². The van der Waals surface area contributed by atoms with Gasteiger partial charge in [0.25, 0.3) is 5.91 Å². The molecule has 2 N–H and O–H groups in total. The zero-order valence-electron chi connectivity index (χ0n) is 23.7. The van der Waals surface area contributed by atoms with Gasteiger partial charge < -0.3 is 15.4 Å². The molecule has 4 rings (SSSR count). The van der Waals surface area contributed by atoms with E-state index in [0.29, 0.717) is 32.8 Å². The summed E-state index contributed by atoms with van der Waals surface area (Å²) in [5, 5.41) is 6.66. The van der Waals surface area contributed by atoms with Crippen LogP contribution in [0.15, 0.2) is 47.4 Å². The molecule has 1 aliphatic rings. The number of anilines is 2. The van der Waals surface area contributed by atoms with Crippen LogP contribution in [-0.4, -0.2) is 29.6 Å². The normalized spacial score (nSPS) is 15.5. The Morgan fingerprint density at radius 2 is 1.88 bits per heavy atom. The SMILES string of the molecule is CCOC(=O)c1c(NC(=O)C(C)Sc2cccc(NC(=O)c3ccc(Cl)cc3Cl)c2)sc2c1CCC(C(C)(C)C)C2. The summed E-state index contributed by atoms with van der Waals surface area (Å²) in [6.45, 7) is 10.6. The second kappa shape index (κ2) is 13.2. The molecule has 0 saturated heterocycles. The van der Waals surface area contributed by atoms with E-state index in [1.807, 2.05) is 19.1 Å². The lowest BCUT2D eigenvalue weighted by Crippen LogP contribution is -2.27. The van der Waals surface area contributed by atoms with Gasteiger partial charge in [0.1, 0.15) is 5.00 Å².